The second-order valence-corrected chi connectivity index (χ2v) is 8.22. The van der Waals surface area contributed by atoms with Crippen LogP contribution in [0.3, 0.4) is 0 Å². The fourth-order valence-electron chi connectivity index (χ4n) is 2.13. The Morgan fingerprint density at radius 2 is 1.94 bits per heavy atom. The van der Waals surface area contributed by atoms with E-state index in [1.165, 1.54) is 12.0 Å². The highest BCUT2D eigenvalue weighted by atomic mass is 32.2. The van der Waals surface area contributed by atoms with E-state index in [1.54, 1.807) is 0 Å². The molecule has 0 spiro atoms. The molecule has 1 N–H and O–H groups in total. The summed E-state index contributed by atoms with van der Waals surface area (Å²) < 4.78 is -0.140. The first-order valence-corrected chi connectivity index (χ1v) is 8.00. The summed E-state index contributed by atoms with van der Waals surface area (Å²) in [4.78, 5) is 0. The SMILES string of the molecule is Cc1cccc(C(C)(O)C2(C)SCCCS2)c1. The molecule has 1 aromatic carbocycles. The van der Waals surface area contributed by atoms with Crippen molar-refractivity contribution in [2.75, 3.05) is 11.5 Å². The van der Waals surface area contributed by atoms with Crippen LogP contribution in [0, 0.1) is 6.92 Å². The molecule has 94 valence electrons. The Morgan fingerprint density at radius 3 is 2.53 bits per heavy atom. The van der Waals surface area contributed by atoms with E-state index in [1.807, 2.05) is 42.6 Å². The van der Waals surface area contributed by atoms with Crippen molar-refractivity contribution in [2.24, 2.45) is 0 Å². The van der Waals surface area contributed by atoms with Gasteiger partial charge in [0.05, 0.1) is 4.08 Å². The first-order chi connectivity index (χ1) is 7.96. The average Bonchev–Trinajstić information content (AvgIpc) is 2.30. The largest absolute Gasteiger partial charge is 0.383 e. The Labute approximate surface area is 112 Å². The van der Waals surface area contributed by atoms with Crippen molar-refractivity contribution in [3.63, 3.8) is 0 Å². The van der Waals surface area contributed by atoms with Crippen LogP contribution in [0.25, 0.3) is 0 Å². The molecular weight excluding hydrogens is 248 g/mol. The zero-order valence-electron chi connectivity index (χ0n) is 10.7. The molecule has 1 heterocycles. The average molecular weight is 268 g/mol. The molecule has 1 nitrogen and oxygen atoms in total. The summed E-state index contributed by atoms with van der Waals surface area (Å²) in [5, 5.41) is 11.0. The number of hydrogen-bond acceptors (Lipinski definition) is 3. The summed E-state index contributed by atoms with van der Waals surface area (Å²) >= 11 is 3.77. The van der Waals surface area contributed by atoms with Gasteiger partial charge in [-0.3, -0.25) is 0 Å². The van der Waals surface area contributed by atoms with E-state index in [4.69, 9.17) is 0 Å². The molecule has 3 heteroatoms. The lowest BCUT2D eigenvalue weighted by atomic mass is 9.91. The van der Waals surface area contributed by atoms with Crippen LogP contribution in [0.2, 0.25) is 0 Å². The molecule has 2 rings (SSSR count). The molecule has 1 fully saturated rings. The number of thioether (sulfide) groups is 2. The van der Waals surface area contributed by atoms with Crippen LogP contribution in [0.4, 0.5) is 0 Å². The van der Waals surface area contributed by atoms with E-state index in [0.29, 0.717) is 0 Å². The quantitative estimate of drug-likeness (QED) is 0.881. The van der Waals surface area contributed by atoms with Gasteiger partial charge in [0, 0.05) is 0 Å². The van der Waals surface area contributed by atoms with Crippen LogP contribution < -0.4 is 0 Å². The molecule has 1 aliphatic rings. The van der Waals surface area contributed by atoms with E-state index < -0.39 is 5.60 Å². The molecule has 1 unspecified atom stereocenters. The number of benzene rings is 1. The fourth-order valence-corrected chi connectivity index (χ4v) is 5.30. The van der Waals surface area contributed by atoms with Gasteiger partial charge in [-0.2, -0.15) is 0 Å². The first kappa shape index (κ1) is 13.3. The topological polar surface area (TPSA) is 20.2 Å². The molecule has 0 saturated carbocycles. The normalized spacial score (nSPS) is 23.1. The fraction of sp³-hybridized carbons (Fsp3) is 0.571. The summed E-state index contributed by atoms with van der Waals surface area (Å²) in [7, 11) is 0. The minimum Gasteiger partial charge on any atom is -0.383 e. The van der Waals surface area contributed by atoms with E-state index in [9.17, 15) is 5.11 Å². The van der Waals surface area contributed by atoms with E-state index in [2.05, 4.69) is 26.0 Å². The lowest BCUT2D eigenvalue weighted by Gasteiger charge is -2.44. The van der Waals surface area contributed by atoms with Gasteiger partial charge in [0.25, 0.3) is 0 Å². The third-order valence-electron chi connectivity index (χ3n) is 3.51. The number of rotatable bonds is 2. The van der Waals surface area contributed by atoms with E-state index >= 15 is 0 Å². The smallest absolute Gasteiger partial charge is 0.110 e. The molecule has 0 aliphatic carbocycles. The Bertz CT molecular complexity index is 395. The van der Waals surface area contributed by atoms with Gasteiger partial charge in [0.15, 0.2) is 0 Å². The highest BCUT2D eigenvalue weighted by Gasteiger charge is 2.46. The molecule has 0 radical (unpaired) electrons. The standard InChI is InChI=1S/C14H20OS2/c1-11-6-4-7-12(10-11)13(2,15)14(3)16-8-5-9-17-14/h4,6-7,10,15H,5,8-9H2,1-3H3. The van der Waals surface area contributed by atoms with Gasteiger partial charge in [0.2, 0.25) is 0 Å². The summed E-state index contributed by atoms with van der Waals surface area (Å²) in [5.41, 5.74) is 1.45. The summed E-state index contributed by atoms with van der Waals surface area (Å²) in [5.74, 6) is 2.29. The minimum absolute atomic E-state index is 0.140. The van der Waals surface area contributed by atoms with Crippen LogP contribution in [0.1, 0.15) is 31.4 Å². The number of hydrogen-bond donors (Lipinski definition) is 1. The van der Waals surface area contributed by atoms with Gasteiger partial charge in [-0.1, -0.05) is 29.8 Å². The Morgan fingerprint density at radius 1 is 1.29 bits per heavy atom. The van der Waals surface area contributed by atoms with Crippen molar-refractivity contribution in [1.29, 1.82) is 0 Å². The second-order valence-electron chi connectivity index (χ2n) is 4.94. The Hall–Kier alpha value is -0.120. The van der Waals surface area contributed by atoms with Crippen molar-refractivity contribution < 1.29 is 5.11 Å². The van der Waals surface area contributed by atoms with Gasteiger partial charge in [-0.05, 0) is 44.3 Å². The number of aryl methyl sites for hydroxylation is 1. The molecular formula is C14H20OS2. The first-order valence-electron chi connectivity index (χ1n) is 6.03. The summed E-state index contributed by atoms with van der Waals surface area (Å²) in [6.07, 6.45) is 1.24. The predicted molar refractivity (Wildman–Crippen MR) is 78.7 cm³/mol. The lowest BCUT2D eigenvalue weighted by Crippen LogP contribution is -2.44. The van der Waals surface area contributed by atoms with Crippen molar-refractivity contribution in [1.82, 2.24) is 0 Å². The van der Waals surface area contributed by atoms with Crippen molar-refractivity contribution >= 4 is 23.5 Å². The summed E-state index contributed by atoms with van der Waals surface area (Å²) in [6, 6.07) is 8.23. The summed E-state index contributed by atoms with van der Waals surface area (Å²) in [6.45, 7) is 6.19. The van der Waals surface area contributed by atoms with Crippen LogP contribution in [-0.4, -0.2) is 20.7 Å². The van der Waals surface area contributed by atoms with Gasteiger partial charge in [-0.15, -0.1) is 23.5 Å². The lowest BCUT2D eigenvalue weighted by molar-refractivity contribution is 0.0487. The monoisotopic (exact) mass is 268 g/mol. The minimum atomic E-state index is -0.783. The van der Waals surface area contributed by atoms with E-state index in [-0.39, 0.29) is 4.08 Å². The van der Waals surface area contributed by atoms with Crippen molar-refractivity contribution in [3.8, 4) is 0 Å². The third-order valence-corrected chi connectivity index (χ3v) is 7.10. The molecule has 0 bridgehead atoms. The van der Waals surface area contributed by atoms with Gasteiger partial charge in [0.1, 0.15) is 5.60 Å². The molecule has 0 aromatic heterocycles. The zero-order chi connectivity index (χ0) is 12.5. The molecule has 1 atom stereocenters. The maximum Gasteiger partial charge on any atom is 0.110 e. The van der Waals surface area contributed by atoms with Gasteiger partial charge in [-0.25, -0.2) is 0 Å². The Kier molecular flexibility index (Phi) is 3.81. The van der Waals surface area contributed by atoms with Crippen LogP contribution in [0.5, 0.6) is 0 Å². The maximum atomic E-state index is 11.0. The molecule has 1 aromatic rings. The second kappa shape index (κ2) is 4.87. The zero-order valence-corrected chi connectivity index (χ0v) is 12.3. The Balaban J connectivity index is 2.34. The van der Waals surface area contributed by atoms with E-state index in [0.717, 1.165) is 17.1 Å². The number of aliphatic hydroxyl groups is 1. The third kappa shape index (κ3) is 2.51. The van der Waals surface area contributed by atoms with Crippen LogP contribution in [0.15, 0.2) is 24.3 Å². The predicted octanol–water partition coefficient (Wildman–Crippen LogP) is 3.79. The highest BCUT2D eigenvalue weighted by molar-refractivity contribution is 8.18. The van der Waals surface area contributed by atoms with Crippen molar-refractivity contribution in [3.05, 3.63) is 35.4 Å². The van der Waals surface area contributed by atoms with Crippen LogP contribution >= 0.6 is 23.5 Å². The molecule has 1 aliphatic heterocycles. The molecule has 17 heavy (non-hydrogen) atoms. The highest BCUT2D eigenvalue weighted by Crippen LogP contribution is 2.52. The maximum absolute atomic E-state index is 11.0. The van der Waals surface area contributed by atoms with Gasteiger partial charge >= 0.3 is 0 Å². The molecule has 0 amide bonds. The van der Waals surface area contributed by atoms with Crippen molar-refractivity contribution in [2.45, 2.75) is 36.9 Å². The molecule has 1 saturated heterocycles. The van der Waals surface area contributed by atoms with Crippen LogP contribution in [-0.2, 0) is 5.60 Å². The van der Waals surface area contributed by atoms with Gasteiger partial charge < -0.3 is 5.11 Å².